The van der Waals surface area contributed by atoms with Crippen LogP contribution in [0, 0.1) is 6.92 Å². The van der Waals surface area contributed by atoms with Gasteiger partial charge < -0.3 is 10.6 Å². The summed E-state index contributed by atoms with van der Waals surface area (Å²) in [6.07, 6.45) is 5.89. The molecule has 150 valence electrons. The second-order valence-corrected chi connectivity index (χ2v) is 8.30. The van der Waals surface area contributed by atoms with Crippen molar-refractivity contribution in [2.75, 3.05) is 18.4 Å². The van der Waals surface area contributed by atoms with Crippen LogP contribution in [0.3, 0.4) is 0 Å². The molecule has 0 spiro atoms. The molecule has 4 heteroatoms. The van der Waals surface area contributed by atoms with Gasteiger partial charge in [-0.1, -0.05) is 55.8 Å². The Bertz CT molecular complexity index is 752. The van der Waals surface area contributed by atoms with Crippen molar-refractivity contribution in [1.82, 2.24) is 10.2 Å². The second-order valence-electron chi connectivity index (χ2n) is 7.89. The van der Waals surface area contributed by atoms with Gasteiger partial charge in [0.15, 0.2) is 5.11 Å². The highest BCUT2D eigenvalue weighted by Gasteiger charge is 2.19. The van der Waals surface area contributed by atoms with E-state index in [9.17, 15) is 0 Å². The predicted octanol–water partition coefficient (Wildman–Crippen LogP) is 5.29. The molecule has 0 radical (unpaired) electrons. The number of hydrogen-bond donors (Lipinski definition) is 2. The Morgan fingerprint density at radius 1 is 1.07 bits per heavy atom. The molecule has 2 aromatic carbocycles. The van der Waals surface area contributed by atoms with Crippen LogP contribution in [-0.2, 0) is 13.0 Å². The third kappa shape index (κ3) is 6.32. The number of unbranched alkanes of at least 4 members (excludes halogenated alkanes) is 1. The van der Waals surface area contributed by atoms with Crippen LogP contribution in [0.5, 0.6) is 0 Å². The van der Waals surface area contributed by atoms with Crippen molar-refractivity contribution >= 4 is 23.0 Å². The van der Waals surface area contributed by atoms with Crippen LogP contribution in [0.2, 0.25) is 0 Å². The molecular weight excluding hydrogens is 362 g/mol. The standard InChI is InChI=1S/C24H33N3S/c1-3-4-8-20-11-12-23(19(2)17-20)26-24(28)25-22-13-15-27(16-14-22)18-21-9-6-5-7-10-21/h5-7,9-12,17,22H,3-4,8,13-16,18H2,1-2H3,(H2,25,26,28). The molecule has 0 atom stereocenters. The summed E-state index contributed by atoms with van der Waals surface area (Å²) in [5.41, 5.74) is 5.17. The van der Waals surface area contributed by atoms with E-state index >= 15 is 0 Å². The summed E-state index contributed by atoms with van der Waals surface area (Å²) in [5.74, 6) is 0. The number of likely N-dealkylation sites (tertiary alicyclic amines) is 1. The molecule has 0 aliphatic carbocycles. The molecule has 0 aromatic heterocycles. The Morgan fingerprint density at radius 3 is 2.50 bits per heavy atom. The molecular formula is C24H33N3S. The van der Waals surface area contributed by atoms with Crippen molar-refractivity contribution in [3.8, 4) is 0 Å². The molecule has 1 heterocycles. The zero-order valence-electron chi connectivity index (χ0n) is 17.2. The van der Waals surface area contributed by atoms with Gasteiger partial charge in [0.1, 0.15) is 0 Å². The number of nitrogens with one attached hydrogen (secondary N) is 2. The fourth-order valence-electron chi connectivity index (χ4n) is 3.82. The molecule has 0 unspecified atom stereocenters. The molecule has 0 saturated carbocycles. The van der Waals surface area contributed by atoms with Crippen LogP contribution in [0.15, 0.2) is 48.5 Å². The van der Waals surface area contributed by atoms with Gasteiger partial charge in [0, 0.05) is 31.4 Å². The number of hydrogen-bond acceptors (Lipinski definition) is 2. The smallest absolute Gasteiger partial charge is 0.171 e. The van der Waals surface area contributed by atoms with Gasteiger partial charge in [0.25, 0.3) is 0 Å². The van der Waals surface area contributed by atoms with Crippen molar-refractivity contribution in [2.45, 2.75) is 58.5 Å². The van der Waals surface area contributed by atoms with E-state index in [0.717, 1.165) is 49.7 Å². The van der Waals surface area contributed by atoms with Crippen molar-refractivity contribution in [3.63, 3.8) is 0 Å². The molecule has 0 amide bonds. The van der Waals surface area contributed by atoms with Crippen LogP contribution in [0.4, 0.5) is 5.69 Å². The molecule has 2 aromatic rings. The second kappa shape index (κ2) is 10.6. The van der Waals surface area contributed by atoms with E-state index in [1.165, 1.54) is 29.5 Å². The lowest BCUT2D eigenvalue weighted by atomic mass is 10.0. The zero-order valence-corrected chi connectivity index (χ0v) is 18.0. The van der Waals surface area contributed by atoms with E-state index in [-0.39, 0.29) is 0 Å². The van der Waals surface area contributed by atoms with Gasteiger partial charge >= 0.3 is 0 Å². The summed E-state index contributed by atoms with van der Waals surface area (Å²) < 4.78 is 0. The van der Waals surface area contributed by atoms with E-state index in [1.807, 2.05) is 0 Å². The first-order chi connectivity index (χ1) is 13.6. The van der Waals surface area contributed by atoms with Crippen molar-refractivity contribution in [1.29, 1.82) is 0 Å². The largest absolute Gasteiger partial charge is 0.360 e. The number of benzene rings is 2. The summed E-state index contributed by atoms with van der Waals surface area (Å²) >= 11 is 5.58. The highest BCUT2D eigenvalue weighted by atomic mass is 32.1. The fraction of sp³-hybridized carbons (Fsp3) is 0.458. The average Bonchev–Trinajstić information content (AvgIpc) is 2.70. The Balaban J connectivity index is 1.43. The van der Waals surface area contributed by atoms with E-state index in [1.54, 1.807) is 0 Å². The highest BCUT2D eigenvalue weighted by molar-refractivity contribution is 7.80. The topological polar surface area (TPSA) is 27.3 Å². The van der Waals surface area contributed by atoms with Gasteiger partial charge in [-0.2, -0.15) is 0 Å². The number of thiocarbonyl (C=S) groups is 1. The third-order valence-corrected chi connectivity index (χ3v) is 5.75. The summed E-state index contributed by atoms with van der Waals surface area (Å²) in [5, 5.41) is 7.66. The molecule has 28 heavy (non-hydrogen) atoms. The maximum absolute atomic E-state index is 5.58. The summed E-state index contributed by atoms with van der Waals surface area (Å²) in [4.78, 5) is 2.53. The summed E-state index contributed by atoms with van der Waals surface area (Å²) in [7, 11) is 0. The summed E-state index contributed by atoms with van der Waals surface area (Å²) in [6, 6.07) is 17.8. The van der Waals surface area contributed by atoms with Gasteiger partial charge in [-0.05, 0) is 67.6 Å². The maximum Gasteiger partial charge on any atom is 0.171 e. The Labute approximate surface area is 175 Å². The third-order valence-electron chi connectivity index (χ3n) is 5.53. The van der Waals surface area contributed by atoms with Crippen LogP contribution >= 0.6 is 12.2 Å². The summed E-state index contributed by atoms with van der Waals surface area (Å²) in [6.45, 7) is 7.65. The zero-order chi connectivity index (χ0) is 19.8. The van der Waals surface area contributed by atoms with Crippen molar-refractivity contribution < 1.29 is 0 Å². The monoisotopic (exact) mass is 395 g/mol. The minimum Gasteiger partial charge on any atom is -0.360 e. The van der Waals surface area contributed by atoms with Gasteiger partial charge in [0.2, 0.25) is 0 Å². The van der Waals surface area contributed by atoms with Gasteiger partial charge in [0.05, 0.1) is 0 Å². The maximum atomic E-state index is 5.58. The molecule has 1 saturated heterocycles. The van der Waals surface area contributed by atoms with E-state index < -0.39 is 0 Å². The molecule has 1 aliphatic rings. The van der Waals surface area contributed by atoms with Crippen LogP contribution in [0.25, 0.3) is 0 Å². The molecule has 1 fully saturated rings. The van der Waals surface area contributed by atoms with Crippen molar-refractivity contribution in [2.24, 2.45) is 0 Å². The molecule has 3 nitrogen and oxygen atoms in total. The number of anilines is 1. The fourth-order valence-corrected chi connectivity index (χ4v) is 4.10. The van der Waals surface area contributed by atoms with E-state index in [0.29, 0.717) is 6.04 Å². The molecule has 0 bridgehead atoms. The van der Waals surface area contributed by atoms with E-state index in [4.69, 9.17) is 12.2 Å². The lowest BCUT2D eigenvalue weighted by Gasteiger charge is -2.33. The number of piperidine rings is 1. The van der Waals surface area contributed by atoms with Gasteiger partial charge in [-0.15, -0.1) is 0 Å². The van der Waals surface area contributed by atoms with E-state index in [2.05, 4.69) is 77.9 Å². The van der Waals surface area contributed by atoms with Crippen LogP contribution in [0.1, 0.15) is 49.3 Å². The highest BCUT2D eigenvalue weighted by Crippen LogP contribution is 2.19. The molecule has 3 rings (SSSR count). The first kappa shape index (κ1) is 20.8. The Morgan fingerprint density at radius 2 is 1.82 bits per heavy atom. The molecule has 2 N–H and O–H groups in total. The number of rotatable bonds is 7. The normalized spacial score (nSPS) is 15.4. The first-order valence-corrected chi connectivity index (χ1v) is 11.0. The minimum absolute atomic E-state index is 0.455. The Kier molecular flexibility index (Phi) is 7.87. The Hall–Kier alpha value is -1.91. The van der Waals surface area contributed by atoms with Crippen LogP contribution < -0.4 is 10.6 Å². The predicted molar refractivity (Wildman–Crippen MR) is 124 cm³/mol. The quantitative estimate of drug-likeness (QED) is 0.623. The SMILES string of the molecule is CCCCc1ccc(NC(=S)NC2CCN(Cc3ccccc3)CC2)c(C)c1. The average molecular weight is 396 g/mol. The minimum atomic E-state index is 0.455. The number of nitrogens with zero attached hydrogens (tertiary/aromatic N) is 1. The van der Waals surface area contributed by atoms with Crippen molar-refractivity contribution in [3.05, 3.63) is 65.2 Å². The first-order valence-electron chi connectivity index (χ1n) is 10.6. The van der Waals surface area contributed by atoms with Gasteiger partial charge in [-0.25, -0.2) is 0 Å². The van der Waals surface area contributed by atoms with Gasteiger partial charge in [-0.3, -0.25) is 4.90 Å². The molecule has 1 aliphatic heterocycles. The van der Waals surface area contributed by atoms with Crippen LogP contribution in [-0.4, -0.2) is 29.1 Å². The lowest BCUT2D eigenvalue weighted by Crippen LogP contribution is -2.45. The lowest BCUT2D eigenvalue weighted by molar-refractivity contribution is 0.199. The number of aryl methyl sites for hydroxylation is 2.